The quantitative estimate of drug-likeness (QED) is 0.682. The summed E-state index contributed by atoms with van der Waals surface area (Å²) in [5.74, 6) is -0.254. The van der Waals surface area contributed by atoms with Crippen LogP contribution in [-0.2, 0) is 0 Å². The summed E-state index contributed by atoms with van der Waals surface area (Å²) in [6, 6.07) is 10.9. The van der Waals surface area contributed by atoms with Gasteiger partial charge in [-0.05, 0) is 68.1 Å². The molecule has 1 aliphatic carbocycles. The van der Waals surface area contributed by atoms with Gasteiger partial charge in [0.15, 0.2) is 5.78 Å². The number of hydrogen-bond donors (Lipinski definition) is 2. The van der Waals surface area contributed by atoms with E-state index in [-0.39, 0.29) is 17.7 Å². The molecule has 0 bridgehead atoms. The van der Waals surface area contributed by atoms with E-state index in [2.05, 4.69) is 25.9 Å². The molecule has 0 radical (unpaired) electrons. The Kier molecular flexibility index (Phi) is 5.12. The molecule has 150 valence electrons. The lowest BCUT2D eigenvalue weighted by molar-refractivity contribution is 0.103. The first-order chi connectivity index (χ1) is 13.9. The van der Waals surface area contributed by atoms with Gasteiger partial charge in [0.25, 0.3) is 0 Å². The summed E-state index contributed by atoms with van der Waals surface area (Å²) < 4.78 is 14.1. The van der Waals surface area contributed by atoms with Crippen LogP contribution >= 0.6 is 15.9 Å². The molecular formula is C21H21BrFN5O. The molecule has 1 fully saturated rings. The molecule has 0 atom stereocenters. The number of rotatable bonds is 3. The summed E-state index contributed by atoms with van der Waals surface area (Å²) in [5.41, 5.74) is 13.0. The number of aliphatic imine (C=N–C) groups is 2. The van der Waals surface area contributed by atoms with Crippen molar-refractivity contribution in [3.63, 3.8) is 0 Å². The van der Waals surface area contributed by atoms with Crippen molar-refractivity contribution in [1.29, 1.82) is 0 Å². The molecule has 0 amide bonds. The number of hydrogen-bond acceptors (Lipinski definition) is 6. The number of ketones is 1. The molecule has 8 heteroatoms. The van der Waals surface area contributed by atoms with Crippen molar-refractivity contribution in [2.24, 2.45) is 21.5 Å². The summed E-state index contributed by atoms with van der Waals surface area (Å²) in [7, 11) is 0. The molecule has 1 heterocycles. The fraction of sp³-hybridized carbons (Fsp3) is 0.286. The molecule has 4 rings (SSSR count). The van der Waals surface area contributed by atoms with Crippen LogP contribution in [0.2, 0.25) is 0 Å². The normalized spacial score (nSPS) is 18.3. The van der Waals surface area contributed by atoms with E-state index in [1.165, 1.54) is 24.3 Å². The van der Waals surface area contributed by atoms with Crippen molar-refractivity contribution in [2.75, 3.05) is 4.90 Å². The van der Waals surface area contributed by atoms with Crippen LogP contribution in [0.1, 0.15) is 48.0 Å². The number of nitrogens with zero attached hydrogens (tertiary/aromatic N) is 3. The van der Waals surface area contributed by atoms with Crippen LogP contribution in [-0.4, -0.2) is 23.4 Å². The molecule has 2 aliphatic rings. The summed E-state index contributed by atoms with van der Waals surface area (Å²) in [6.07, 6.45) is 4.62. The van der Waals surface area contributed by atoms with E-state index in [9.17, 15) is 9.18 Å². The largest absolute Gasteiger partial charge is 0.369 e. The number of anilines is 1. The average molecular weight is 458 g/mol. The predicted octanol–water partition coefficient (Wildman–Crippen LogP) is 3.93. The minimum absolute atomic E-state index is 0.157. The zero-order valence-corrected chi connectivity index (χ0v) is 17.3. The molecule has 1 saturated carbocycles. The minimum atomic E-state index is -0.653. The highest BCUT2D eigenvalue weighted by atomic mass is 79.9. The zero-order valence-electron chi connectivity index (χ0n) is 15.7. The van der Waals surface area contributed by atoms with Crippen molar-refractivity contribution in [2.45, 2.75) is 37.8 Å². The number of carbonyl (C=O) groups is 1. The maximum absolute atomic E-state index is 13.3. The van der Waals surface area contributed by atoms with Gasteiger partial charge in [0.1, 0.15) is 11.5 Å². The summed E-state index contributed by atoms with van der Waals surface area (Å²) >= 11 is 3.45. The Labute approximate surface area is 176 Å². The lowest BCUT2D eigenvalue weighted by atomic mass is 9.86. The van der Waals surface area contributed by atoms with Crippen LogP contribution in [0.25, 0.3) is 0 Å². The maximum Gasteiger partial charge on any atom is 0.220 e. The molecule has 0 unspecified atom stereocenters. The molecule has 29 heavy (non-hydrogen) atoms. The van der Waals surface area contributed by atoms with Gasteiger partial charge in [0.05, 0.1) is 5.69 Å². The summed E-state index contributed by atoms with van der Waals surface area (Å²) in [6.45, 7) is 0. The van der Waals surface area contributed by atoms with Crippen molar-refractivity contribution in [3.8, 4) is 0 Å². The Morgan fingerprint density at radius 3 is 2.45 bits per heavy atom. The van der Waals surface area contributed by atoms with Crippen LogP contribution in [0.3, 0.4) is 0 Å². The smallest absolute Gasteiger partial charge is 0.220 e. The highest BCUT2D eigenvalue weighted by molar-refractivity contribution is 9.10. The van der Waals surface area contributed by atoms with Gasteiger partial charge in [0, 0.05) is 15.6 Å². The van der Waals surface area contributed by atoms with E-state index in [1.54, 1.807) is 6.07 Å². The molecule has 0 saturated heterocycles. The highest BCUT2D eigenvalue weighted by Crippen LogP contribution is 2.41. The van der Waals surface area contributed by atoms with Gasteiger partial charge in [-0.15, -0.1) is 0 Å². The Morgan fingerprint density at radius 1 is 1.07 bits per heavy atom. The lowest BCUT2D eigenvalue weighted by Crippen LogP contribution is -2.58. The van der Waals surface area contributed by atoms with Gasteiger partial charge in [0.2, 0.25) is 11.9 Å². The van der Waals surface area contributed by atoms with Crippen LogP contribution in [0.4, 0.5) is 10.1 Å². The number of halogens is 2. The second-order valence-corrected chi connectivity index (χ2v) is 8.23. The number of benzene rings is 2. The zero-order chi connectivity index (χ0) is 20.6. The van der Waals surface area contributed by atoms with E-state index in [4.69, 9.17) is 11.5 Å². The Bertz CT molecular complexity index is 1010. The summed E-state index contributed by atoms with van der Waals surface area (Å²) in [5, 5.41) is 0. The van der Waals surface area contributed by atoms with E-state index < -0.39 is 11.5 Å². The second kappa shape index (κ2) is 7.59. The van der Waals surface area contributed by atoms with Crippen LogP contribution in [0.15, 0.2) is 56.9 Å². The number of guanidine groups is 2. The summed E-state index contributed by atoms with van der Waals surface area (Å²) in [4.78, 5) is 24.0. The van der Waals surface area contributed by atoms with Crippen molar-refractivity contribution in [3.05, 3.63) is 63.9 Å². The topological polar surface area (TPSA) is 97.1 Å². The van der Waals surface area contributed by atoms with Gasteiger partial charge in [-0.2, -0.15) is 4.99 Å². The average Bonchev–Trinajstić information content (AvgIpc) is 2.69. The maximum atomic E-state index is 13.3. The van der Waals surface area contributed by atoms with E-state index >= 15 is 0 Å². The molecule has 4 N–H and O–H groups in total. The van der Waals surface area contributed by atoms with Gasteiger partial charge in [-0.1, -0.05) is 22.4 Å². The molecule has 2 aromatic rings. The molecule has 0 aromatic heterocycles. The van der Waals surface area contributed by atoms with Crippen LogP contribution in [0, 0.1) is 5.82 Å². The number of carbonyl (C=O) groups excluding carboxylic acids is 1. The molecule has 6 nitrogen and oxygen atoms in total. The fourth-order valence-corrected chi connectivity index (χ4v) is 4.47. The SMILES string of the molecule is NC1=NC2(CCCCC2)N(c2ccc(Br)cc2C(=O)c2ccc(F)cc2)C(N)=N1. The monoisotopic (exact) mass is 457 g/mol. The predicted molar refractivity (Wildman–Crippen MR) is 116 cm³/mol. The van der Waals surface area contributed by atoms with Crippen molar-refractivity contribution < 1.29 is 9.18 Å². The van der Waals surface area contributed by atoms with Gasteiger partial charge in [-0.3, -0.25) is 9.69 Å². The van der Waals surface area contributed by atoms with Crippen LogP contribution < -0.4 is 16.4 Å². The third-order valence-electron chi connectivity index (χ3n) is 5.40. The first-order valence-electron chi connectivity index (χ1n) is 9.49. The third-order valence-corrected chi connectivity index (χ3v) is 5.90. The molecule has 1 aliphatic heterocycles. The second-order valence-electron chi connectivity index (χ2n) is 7.32. The Balaban J connectivity index is 1.85. The van der Waals surface area contributed by atoms with Crippen molar-refractivity contribution >= 4 is 39.3 Å². The van der Waals surface area contributed by atoms with E-state index in [1.807, 2.05) is 17.0 Å². The highest BCUT2D eigenvalue weighted by Gasteiger charge is 2.43. The van der Waals surface area contributed by atoms with Gasteiger partial charge >= 0.3 is 0 Å². The third kappa shape index (κ3) is 3.64. The fourth-order valence-electron chi connectivity index (χ4n) is 4.11. The standard InChI is InChI=1S/C21H21BrFN5O/c22-14-6-9-17(16(12-14)18(29)13-4-7-15(23)8-5-13)28-20(25)26-19(24)27-21(28)10-2-1-3-11-21/h4-9,12H,1-3,10-11H2,(H4,24,25,26,27). The van der Waals surface area contributed by atoms with Gasteiger partial charge in [-0.25, -0.2) is 9.38 Å². The van der Waals surface area contributed by atoms with Crippen molar-refractivity contribution in [1.82, 2.24) is 0 Å². The van der Waals surface area contributed by atoms with E-state index in [0.29, 0.717) is 16.8 Å². The van der Waals surface area contributed by atoms with Gasteiger partial charge < -0.3 is 11.5 Å². The van der Waals surface area contributed by atoms with E-state index in [0.717, 1.165) is 36.6 Å². The first kappa shape index (κ1) is 19.6. The molecular weight excluding hydrogens is 437 g/mol. The van der Waals surface area contributed by atoms with Crippen LogP contribution in [0.5, 0.6) is 0 Å². The first-order valence-corrected chi connectivity index (χ1v) is 10.3. The lowest BCUT2D eigenvalue weighted by Gasteiger charge is -2.46. The minimum Gasteiger partial charge on any atom is -0.369 e. The Morgan fingerprint density at radius 2 is 1.76 bits per heavy atom. The Hall–Kier alpha value is -2.74. The molecule has 1 spiro atoms. The number of nitrogens with two attached hydrogens (primary N) is 2. The molecule has 2 aromatic carbocycles.